The van der Waals surface area contributed by atoms with Crippen molar-refractivity contribution in [1.82, 2.24) is 0 Å². The molecule has 0 spiro atoms. The number of allylic oxidation sites excluding steroid dienone is 4. The van der Waals surface area contributed by atoms with Gasteiger partial charge in [0.15, 0.2) is 11.6 Å². The Morgan fingerprint density at radius 3 is 2.81 bits per heavy atom. The number of fused-ring (bicyclic) bond motifs is 5. The summed E-state index contributed by atoms with van der Waals surface area (Å²) < 4.78 is 26.7. The molecule has 0 bridgehead atoms. The highest BCUT2D eigenvalue weighted by Crippen LogP contribution is 2.67. The maximum absolute atomic E-state index is 12.6. The van der Waals surface area contributed by atoms with Gasteiger partial charge in [0.25, 0.3) is 0 Å². The standard InChI is InChI=1S/C22H30O5/c1-12-8-14-15-5-7-22(27,18(26)11-23)21(15,3)10-17(25)19(14)20(2)6-4-13(24)9-16(12)20/h4,6,9,12,14-15,17,19,23,25,27H,5,7-8,10-11H2,1-3H3/t12-,14-,15-,17+,19+,20-,21-,22-/m0/s1/i10D2,17D. The molecule has 5 heteroatoms. The molecule has 0 saturated heterocycles. The summed E-state index contributed by atoms with van der Waals surface area (Å²) >= 11 is 0. The van der Waals surface area contributed by atoms with Crippen molar-refractivity contribution in [1.29, 1.82) is 0 Å². The minimum atomic E-state index is -2.65. The van der Waals surface area contributed by atoms with Crippen molar-refractivity contribution < 1.29 is 29.0 Å². The number of hydrogen-bond donors (Lipinski definition) is 3. The summed E-state index contributed by atoms with van der Waals surface area (Å²) in [6, 6.07) is 0. The van der Waals surface area contributed by atoms with Gasteiger partial charge in [-0.1, -0.05) is 32.4 Å². The molecule has 8 atom stereocenters. The Morgan fingerprint density at radius 1 is 1.44 bits per heavy atom. The molecule has 0 aliphatic heterocycles. The predicted molar refractivity (Wildman–Crippen MR) is 99.6 cm³/mol. The average Bonchev–Trinajstić information content (AvgIpc) is 2.94. The first-order valence-electron chi connectivity index (χ1n) is 11.2. The highest BCUT2D eigenvalue weighted by molar-refractivity contribution is 6.01. The van der Waals surface area contributed by atoms with Gasteiger partial charge in [-0.15, -0.1) is 0 Å². The second kappa shape index (κ2) is 5.85. The molecule has 27 heavy (non-hydrogen) atoms. The van der Waals surface area contributed by atoms with Crippen LogP contribution in [0.15, 0.2) is 23.8 Å². The minimum absolute atomic E-state index is 0.0194. The molecular weight excluding hydrogens is 344 g/mol. The van der Waals surface area contributed by atoms with Crippen molar-refractivity contribution in [3.05, 3.63) is 23.8 Å². The molecule has 5 nitrogen and oxygen atoms in total. The van der Waals surface area contributed by atoms with Crippen LogP contribution in [0.5, 0.6) is 0 Å². The minimum Gasteiger partial charge on any atom is -0.393 e. The second-order valence-corrected chi connectivity index (χ2v) is 9.20. The first-order valence-corrected chi connectivity index (χ1v) is 9.74. The summed E-state index contributed by atoms with van der Waals surface area (Å²) in [4.78, 5) is 24.6. The van der Waals surface area contributed by atoms with Crippen LogP contribution in [-0.2, 0) is 9.59 Å². The van der Waals surface area contributed by atoms with E-state index in [0.29, 0.717) is 12.8 Å². The van der Waals surface area contributed by atoms with Crippen LogP contribution in [0, 0.1) is 34.5 Å². The summed E-state index contributed by atoms with van der Waals surface area (Å²) in [5.74, 6) is -2.71. The normalized spacial score (nSPS) is 57.5. The highest BCUT2D eigenvalue weighted by Gasteiger charge is 2.68. The summed E-state index contributed by atoms with van der Waals surface area (Å²) in [5.41, 5.74) is -3.98. The third kappa shape index (κ3) is 2.28. The van der Waals surface area contributed by atoms with Gasteiger partial charge >= 0.3 is 0 Å². The number of rotatable bonds is 2. The summed E-state index contributed by atoms with van der Waals surface area (Å²) in [7, 11) is 0. The lowest BCUT2D eigenvalue weighted by Gasteiger charge is -2.60. The van der Waals surface area contributed by atoms with E-state index >= 15 is 0 Å². The lowest BCUT2D eigenvalue weighted by molar-refractivity contribution is -0.180. The van der Waals surface area contributed by atoms with E-state index in [1.807, 2.05) is 13.8 Å². The van der Waals surface area contributed by atoms with Gasteiger partial charge in [0.2, 0.25) is 0 Å². The van der Waals surface area contributed by atoms with Crippen LogP contribution in [0.2, 0.25) is 0 Å². The quantitative estimate of drug-likeness (QED) is 0.682. The first-order chi connectivity index (χ1) is 13.7. The molecule has 0 aromatic rings. The van der Waals surface area contributed by atoms with Crippen molar-refractivity contribution >= 4 is 11.6 Å². The Labute approximate surface area is 164 Å². The predicted octanol–water partition coefficient (Wildman–Crippen LogP) is 1.80. The van der Waals surface area contributed by atoms with Gasteiger partial charge in [-0.05, 0) is 55.5 Å². The SMILES string of the molecule is [2H]C1([2H])[C@@]([2H])(O)[C@H]2[C@@H](C[C@H](C)C3=CC(=O)C=C[C@@]32C)[C@@H]2CC[C@](O)(C(=O)CO)[C@]21C. The van der Waals surface area contributed by atoms with E-state index in [1.54, 1.807) is 12.2 Å². The Bertz CT molecular complexity index is 880. The zero-order valence-electron chi connectivity index (χ0n) is 19.0. The van der Waals surface area contributed by atoms with Crippen LogP contribution in [0.3, 0.4) is 0 Å². The molecule has 4 aliphatic carbocycles. The molecule has 4 aliphatic rings. The van der Waals surface area contributed by atoms with Gasteiger partial charge < -0.3 is 15.3 Å². The maximum Gasteiger partial charge on any atom is 0.190 e. The molecule has 0 aromatic heterocycles. The number of carbonyl (C=O) groups excluding carboxylic acids is 2. The van der Waals surface area contributed by atoms with Crippen LogP contribution >= 0.6 is 0 Å². The number of ketones is 2. The van der Waals surface area contributed by atoms with E-state index < -0.39 is 53.1 Å². The maximum atomic E-state index is 12.6. The monoisotopic (exact) mass is 377 g/mol. The number of hydrogen-bond acceptors (Lipinski definition) is 5. The summed E-state index contributed by atoms with van der Waals surface area (Å²) in [5, 5.41) is 32.3. The van der Waals surface area contributed by atoms with Crippen molar-refractivity contribution in [2.24, 2.45) is 34.5 Å². The van der Waals surface area contributed by atoms with Gasteiger partial charge in [-0.25, -0.2) is 0 Å². The molecule has 148 valence electrons. The molecular formula is C22H30O5. The smallest absolute Gasteiger partial charge is 0.190 e. The molecule has 3 fully saturated rings. The fourth-order valence-corrected chi connectivity index (χ4v) is 6.63. The average molecular weight is 377 g/mol. The Hall–Kier alpha value is -1.30. The third-order valence-electron chi connectivity index (χ3n) is 7.97. The van der Waals surface area contributed by atoms with Crippen molar-refractivity contribution in [2.75, 3.05) is 6.61 Å². The Morgan fingerprint density at radius 2 is 2.15 bits per heavy atom. The van der Waals surface area contributed by atoms with Crippen molar-refractivity contribution in [3.8, 4) is 0 Å². The van der Waals surface area contributed by atoms with E-state index in [0.717, 1.165) is 5.57 Å². The lowest BCUT2D eigenvalue weighted by Crippen LogP contribution is -2.62. The molecule has 0 aromatic carbocycles. The molecule has 0 unspecified atom stereocenters. The Balaban J connectivity index is 1.95. The second-order valence-electron chi connectivity index (χ2n) is 9.20. The van der Waals surface area contributed by atoms with Gasteiger partial charge in [0.05, 0.1) is 7.45 Å². The zero-order valence-corrected chi connectivity index (χ0v) is 16.0. The van der Waals surface area contributed by atoms with Gasteiger partial charge in [-0.2, -0.15) is 0 Å². The van der Waals surface area contributed by atoms with Crippen LogP contribution in [-0.4, -0.2) is 45.2 Å². The van der Waals surface area contributed by atoms with E-state index in [1.165, 1.54) is 13.0 Å². The number of Topliss-reactive ketones (excluding diaryl/α,β-unsaturated/α-hetero) is 1. The fourth-order valence-electron chi connectivity index (χ4n) is 6.63. The molecule has 4 rings (SSSR count). The van der Waals surface area contributed by atoms with Gasteiger partial charge in [0, 0.05) is 19.5 Å². The highest BCUT2D eigenvalue weighted by atomic mass is 16.3. The van der Waals surface area contributed by atoms with Gasteiger partial charge in [0.1, 0.15) is 12.2 Å². The molecule has 0 amide bonds. The molecule has 0 heterocycles. The molecule has 0 radical (unpaired) electrons. The first kappa shape index (κ1) is 15.6. The van der Waals surface area contributed by atoms with Crippen LogP contribution in [0.4, 0.5) is 0 Å². The zero-order chi connectivity index (χ0) is 22.5. The molecule has 3 N–H and O–H groups in total. The van der Waals surface area contributed by atoms with Crippen LogP contribution in [0.1, 0.15) is 50.5 Å². The van der Waals surface area contributed by atoms with E-state index in [-0.39, 0.29) is 24.0 Å². The third-order valence-corrected chi connectivity index (χ3v) is 7.97. The number of carbonyl (C=O) groups is 2. The van der Waals surface area contributed by atoms with Crippen molar-refractivity contribution in [2.45, 2.75) is 58.1 Å². The summed E-state index contributed by atoms with van der Waals surface area (Å²) in [6.45, 7) is 4.35. The van der Waals surface area contributed by atoms with Crippen LogP contribution < -0.4 is 0 Å². The topological polar surface area (TPSA) is 94.8 Å². The van der Waals surface area contributed by atoms with Gasteiger partial charge in [-0.3, -0.25) is 9.59 Å². The lowest BCUT2D eigenvalue weighted by atomic mass is 9.45. The van der Waals surface area contributed by atoms with E-state index in [2.05, 4.69) is 0 Å². The van der Waals surface area contributed by atoms with E-state index in [9.17, 15) is 24.9 Å². The van der Waals surface area contributed by atoms with Crippen LogP contribution in [0.25, 0.3) is 0 Å². The largest absolute Gasteiger partial charge is 0.393 e. The number of aliphatic hydroxyl groups is 3. The number of aliphatic hydroxyl groups excluding tert-OH is 1. The van der Waals surface area contributed by atoms with Crippen molar-refractivity contribution in [3.63, 3.8) is 0 Å². The summed E-state index contributed by atoms with van der Waals surface area (Å²) in [6.07, 6.45) is 0.236. The molecule has 3 saturated carbocycles. The fraction of sp³-hybridized carbons (Fsp3) is 0.727. The Kier molecular flexibility index (Phi) is 3.38. The van der Waals surface area contributed by atoms with E-state index in [4.69, 9.17) is 4.11 Å².